The van der Waals surface area contributed by atoms with E-state index >= 15 is 0 Å². The van der Waals surface area contributed by atoms with Gasteiger partial charge in [0.2, 0.25) is 5.91 Å². The number of H-pyrrole nitrogens is 1. The maximum Gasteiger partial charge on any atom is 0.222 e. The summed E-state index contributed by atoms with van der Waals surface area (Å²) in [7, 11) is 2.10. The van der Waals surface area contributed by atoms with Crippen LogP contribution in [0.3, 0.4) is 0 Å². The van der Waals surface area contributed by atoms with Crippen molar-refractivity contribution in [3.05, 3.63) is 36.0 Å². The smallest absolute Gasteiger partial charge is 0.222 e. The van der Waals surface area contributed by atoms with Gasteiger partial charge in [-0.25, -0.2) is 0 Å². The number of amides is 1. The molecule has 1 fully saturated rings. The van der Waals surface area contributed by atoms with E-state index in [2.05, 4.69) is 29.1 Å². The molecule has 3 rings (SSSR count). The molecule has 2 heterocycles. The predicted octanol–water partition coefficient (Wildman–Crippen LogP) is 1.87. The third kappa shape index (κ3) is 2.70. The van der Waals surface area contributed by atoms with E-state index < -0.39 is 0 Å². The van der Waals surface area contributed by atoms with E-state index in [1.165, 1.54) is 10.9 Å². The first-order valence-electron chi connectivity index (χ1n) is 7.25. The largest absolute Gasteiger partial charge is 0.361 e. The monoisotopic (exact) mass is 271 g/mol. The first-order chi connectivity index (χ1) is 9.74. The summed E-state index contributed by atoms with van der Waals surface area (Å²) in [5.74, 6) is 0.281. The van der Waals surface area contributed by atoms with Gasteiger partial charge in [-0.15, -0.1) is 0 Å². The molecule has 0 unspecified atom stereocenters. The highest BCUT2D eigenvalue weighted by Gasteiger charge is 2.18. The van der Waals surface area contributed by atoms with Crippen LogP contribution in [0.1, 0.15) is 12.0 Å². The Labute approximate surface area is 119 Å². The molecule has 0 spiro atoms. The molecule has 1 N–H and O–H groups in total. The van der Waals surface area contributed by atoms with Crippen LogP contribution in [-0.4, -0.2) is 53.9 Å². The average Bonchev–Trinajstić information content (AvgIpc) is 2.89. The molecule has 106 valence electrons. The van der Waals surface area contributed by atoms with Crippen molar-refractivity contribution >= 4 is 16.8 Å². The van der Waals surface area contributed by atoms with Crippen LogP contribution in [0.4, 0.5) is 0 Å². The Morgan fingerprint density at radius 3 is 2.75 bits per heavy atom. The Morgan fingerprint density at radius 1 is 1.20 bits per heavy atom. The number of para-hydroxylation sites is 1. The van der Waals surface area contributed by atoms with Crippen molar-refractivity contribution in [2.45, 2.75) is 12.8 Å². The SMILES string of the molecule is CN1CCN(C(=O)CCc2c[nH]c3ccccc23)CC1. The van der Waals surface area contributed by atoms with Gasteiger partial charge in [0.15, 0.2) is 0 Å². The van der Waals surface area contributed by atoms with Crippen LogP contribution in [0.2, 0.25) is 0 Å². The van der Waals surface area contributed by atoms with Crippen molar-refractivity contribution in [2.24, 2.45) is 0 Å². The van der Waals surface area contributed by atoms with Crippen molar-refractivity contribution in [1.29, 1.82) is 0 Å². The first kappa shape index (κ1) is 13.2. The molecule has 1 aromatic carbocycles. The molecule has 1 aliphatic heterocycles. The Hall–Kier alpha value is -1.81. The fourth-order valence-electron chi connectivity index (χ4n) is 2.79. The molecular weight excluding hydrogens is 250 g/mol. The lowest BCUT2D eigenvalue weighted by Gasteiger charge is -2.32. The summed E-state index contributed by atoms with van der Waals surface area (Å²) in [5, 5.41) is 1.23. The van der Waals surface area contributed by atoms with Crippen LogP contribution in [-0.2, 0) is 11.2 Å². The summed E-state index contributed by atoms with van der Waals surface area (Å²) >= 11 is 0. The number of nitrogens with one attached hydrogen (secondary N) is 1. The fraction of sp³-hybridized carbons (Fsp3) is 0.438. The summed E-state index contributed by atoms with van der Waals surface area (Å²) in [6.45, 7) is 3.70. The van der Waals surface area contributed by atoms with E-state index in [1.54, 1.807) is 0 Å². The van der Waals surface area contributed by atoms with Gasteiger partial charge in [-0.3, -0.25) is 4.79 Å². The van der Waals surface area contributed by atoms with Gasteiger partial charge in [-0.1, -0.05) is 18.2 Å². The maximum atomic E-state index is 12.2. The highest BCUT2D eigenvalue weighted by molar-refractivity contribution is 5.84. The van der Waals surface area contributed by atoms with Gasteiger partial charge in [-0.2, -0.15) is 0 Å². The minimum atomic E-state index is 0.281. The van der Waals surface area contributed by atoms with Gasteiger partial charge in [0.25, 0.3) is 0 Å². The van der Waals surface area contributed by atoms with E-state index in [0.29, 0.717) is 6.42 Å². The maximum absolute atomic E-state index is 12.2. The molecule has 0 radical (unpaired) electrons. The highest BCUT2D eigenvalue weighted by Crippen LogP contribution is 2.19. The molecule has 20 heavy (non-hydrogen) atoms. The van der Waals surface area contributed by atoms with Gasteiger partial charge in [0, 0.05) is 49.7 Å². The molecule has 1 amide bonds. The lowest BCUT2D eigenvalue weighted by molar-refractivity contribution is -0.132. The first-order valence-corrected chi connectivity index (χ1v) is 7.25. The fourth-order valence-corrected chi connectivity index (χ4v) is 2.79. The van der Waals surface area contributed by atoms with E-state index in [9.17, 15) is 4.79 Å². The topological polar surface area (TPSA) is 39.3 Å². The molecule has 0 bridgehead atoms. The standard InChI is InChI=1S/C16H21N3O/c1-18-8-10-19(11-9-18)16(20)7-6-13-12-17-15-5-3-2-4-14(13)15/h2-5,12,17H,6-11H2,1H3. The minimum Gasteiger partial charge on any atom is -0.361 e. The number of aromatic amines is 1. The number of aryl methyl sites for hydroxylation is 1. The molecule has 1 saturated heterocycles. The van der Waals surface area contributed by atoms with Crippen molar-refractivity contribution in [2.75, 3.05) is 33.2 Å². The number of carbonyl (C=O) groups is 1. The molecule has 0 aliphatic carbocycles. The zero-order valence-electron chi connectivity index (χ0n) is 11.9. The van der Waals surface area contributed by atoms with Crippen LogP contribution < -0.4 is 0 Å². The minimum absolute atomic E-state index is 0.281. The van der Waals surface area contributed by atoms with Gasteiger partial charge in [0.05, 0.1) is 0 Å². The van der Waals surface area contributed by atoms with E-state index in [0.717, 1.165) is 38.1 Å². The van der Waals surface area contributed by atoms with Crippen LogP contribution in [0.25, 0.3) is 10.9 Å². The normalized spacial score (nSPS) is 16.8. The zero-order chi connectivity index (χ0) is 13.9. The number of carbonyl (C=O) groups excluding carboxylic acids is 1. The molecule has 0 atom stereocenters. The van der Waals surface area contributed by atoms with Crippen molar-refractivity contribution in [3.8, 4) is 0 Å². The van der Waals surface area contributed by atoms with Gasteiger partial charge < -0.3 is 14.8 Å². The number of aromatic nitrogens is 1. The number of fused-ring (bicyclic) bond motifs is 1. The molecule has 1 aliphatic rings. The number of hydrogen-bond donors (Lipinski definition) is 1. The van der Waals surface area contributed by atoms with Crippen molar-refractivity contribution in [3.63, 3.8) is 0 Å². The second-order valence-corrected chi connectivity index (χ2v) is 5.54. The summed E-state index contributed by atoms with van der Waals surface area (Å²) in [6.07, 6.45) is 3.45. The molecular formula is C16H21N3O. The third-order valence-corrected chi connectivity index (χ3v) is 4.14. The predicted molar refractivity (Wildman–Crippen MR) is 80.7 cm³/mol. The molecule has 4 heteroatoms. The number of hydrogen-bond acceptors (Lipinski definition) is 2. The zero-order valence-corrected chi connectivity index (χ0v) is 11.9. The molecule has 4 nitrogen and oxygen atoms in total. The number of benzene rings is 1. The summed E-state index contributed by atoms with van der Waals surface area (Å²) in [5.41, 5.74) is 2.39. The molecule has 0 saturated carbocycles. The summed E-state index contributed by atoms with van der Waals surface area (Å²) < 4.78 is 0. The third-order valence-electron chi connectivity index (χ3n) is 4.14. The van der Waals surface area contributed by atoms with Crippen molar-refractivity contribution in [1.82, 2.24) is 14.8 Å². The number of likely N-dealkylation sites (N-methyl/N-ethyl adjacent to an activating group) is 1. The van der Waals surface area contributed by atoms with Crippen molar-refractivity contribution < 1.29 is 4.79 Å². The summed E-state index contributed by atoms with van der Waals surface area (Å²) in [4.78, 5) is 19.8. The summed E-state index contributed by atoms with van der Waals surface area (Å²) in [6, 6.07) is 8.25. The lowest BCUT2D eigenvalue weighted by Crippen LogP contribution is -2.47. The van der Waals surface area contributed by atoms with Crippen LogP contribution >= 0.6 is 0 Å². The lowest BCUT2D eigenvalue weighted by atomic mass is 10.1. The van der Waals surface area contributed by atoms with Crippen LogP contribution in [0, 0.1) is 0 Å². The number of piperazine rings is 1. The Bertz CT molecular complexity index is 597. The van der Waals surface area contributed by atoms with Crippen LogP contribution in [0.15, 0.2) is 30.5 Å². The van der Waals surface area contributed by atoms with Gasteiger partial charge in [0.1, 0.15) is 0 Å². The quantitative estimate of drug-likeness (QED) is 0.925. The average molecular weight is 271 g/mol. The van der Waals surface area contributed by atoms with Gasteiger partial charge >= 0.3 is 0 Å². The number of rotatable bonds is 3. The second-order valence-electron chi connectivity index (χ2n) is 5.54. The van der Waals surface area contributed by atoms with E-state index in [1.807, 2.05) is 23.2 Å². The van der Waals surface area contributed by atoms with E-state index in [-0.39, 0.29) is 5.91 Å². The Balaban J connectivity index is 1.60. The van der Waals surface area contributed by atoms with E-state index in [4.69, 9.17) is 0 Å². The Morgan fingerprint density at radius 2 is 1.95 bits per heavy atom. The second kappa shape index (κ2) is 5.67. The van der Waals surface area contributed by atoms with Crippen LogP contribution in [0.5, 0.6) is 0 Å². The highest BCUT2D eigenvalue weighted by atomic mass is 16.2. The molecule has 2 aromatic rings. The Kier molecular flexibility index (Phi) is 3.74. The van der Waals surface area contributed by atoms with Gasteiger partial charge in [-0.05, 0) is 25.1 Å². The number of nitrogens with zero attached hydrogens (tertiary/aromatic N) is 2. The molecule has 1 aromatic heterocycles.